The normalized spacial score (nSPS) is 18.0. The molecule has 1 aliphatic rings. The Hall–Kier alpha value is -1.84. The van der Waals surface area contributed by atoms with Crippen LogP contribution in [0.25, 0.3) is 10.9 Å². The summed E-state index contributed by atoms with van der Waals surface area (Å²) in [5.41, 5.74) is 2.03. The van der Waals surface area contributed by atoms with Crippen molar-refractivity contribution >= 4 is 16.9 Å². The van der Waals surface area contributed by atoms with Crippen molar-refractivity contribution in [2.45, 2.75) is 25.3 Å². The number of aromatic nitrogens is 1. The molecule has 0 unspecified atom stereocenters. The number of carbonyl (C=O) groups is 1. The van der Waals surface area contributed by atoms with Crippen molar-refractivity contribution in [2.75, 3.05) is 7.11 Å². The van der Waals surface area contributed by atoms with Crippen molar-refractivity contribution < 1.29 is 13.9 Å². The third kappa shape index (κ3) is 1.68. The minimum Gasteiger partial charge on any atom is -0.469 e. The molecule has 0 saturated heterocycles. The van der Waals surface area contributed by atoms with Gasteiger partial charge in [-0.2, -0.15) is 0 Å². The van der Waals surface area contributed by atoms with Crippen LogP contribution < -0.4 is 0 Å². The largest absolute Gasteiger partial charge is 0.469 e. The van der Waals surface area contributed by atoms with Crippen LogP contribution in [0.2, 0.25) is 0 Å². The van der Waals surface area contributed by atoms with Gasteiger partial charge >= 0.3 is 5.97 Å². The molecule has 0 bridgehead atoms. The summed E-state index contributed by atoms with van der Waals surface area (Å²) in [5, 5.41) is 1.03. The number of hydrogen-bond donors (Lipinski definition) is 0. The fourth-order valence-electron chi connectivity index (χ4n) is 2.76. The predicted molar refractivity (Wildman–Crippen MR) is 65.9 cm³/mol. The second-order valence-electron chi connectivity index (χ2n) is 4.69. The lowest BCUT2D eigenvalue weighted by Gasteiger charge is -2.06. The highest BCUT2D eigenvalue weighted by atomic mass is 19.1. The van der Waals surface area contributed by atoms with E-state index in [0.717, 1.165) is 29.6 Å². The van der Waals surface area contributed by atoms with Crippen LogP contribution in [0.15, 0.2) is 24.3 Å². The van der Waals surface area contributed by atoms with E-state index in [1.165, 1.54) is 13.2 Å². The Balaban J connectivity index is 2.01. The van der Waals surface area contributed by atoms with Gasteiger partial charge < -0.3 is 9.30 Å². The molecule has 3 nitrogen and oxygen atoms in total. The molecule has 1 atom stereocenters. The van der Waals surface area contributed by atoms with Crippen LogP contribution in [-0.4, -0.2) is 17.6 Å². The number of nitrogens with zero attached hydrogens (tertiary/aromatic N) is 1. The van der Waals surface area contributed by atoms with Crippen LogP contribution in [0, 0.1) is 5.82 Å². The maximum Gasteiger partial charge on any atom is 0.306 e. The molecule has 0 N–H and O–H groups in total. The quantitative estimate of drug-likeness (QED) is 0.764. The molecule has 0 radical (unpaired) electrons. The second kappa shape index (κ2) is 4.12. The Morgan fingerprint density at radius 2 is 2.33 bits per heavy atom. The first-order valence-corrected chi connectivity index (χ1v) is 6.04. The number of methoxy groups -OCH3 is 1. The van der Waals surface area contributed by atoms with Gasteiger partial charge in [0.15, 0.2) is 0 Å². The van der Waals surface area contributed by atoms with E-state index in [0.29, 0.717) is 6.42 Å². The van der Waals surface area contributed by atoms with Crippen molar-refractivity contribution in [3.63, 3.8) is 0 Å². The molecule has 0 amide bonds. The van der Waals surface area contributed by atoms with Crippen molar-refractivity contribution in [3.8, 4) is 0 Å². The average molecular weight is 247 g/mol. The van der Waals surface area contributed by atoms with E-state index < -0.39 is 0 Å². The van der Waals surface area contributed by atoms with Crippen LogP contribution in [0.3, 0.4) is 0 Å². The molecular formula is C14H14FNO2. The van der Waals surface area contributed by atoms with E-state index in [-0.39, 0.29) is 17.7 Å². The zero-order valence-electron chi connectivity index (χ0n) is 10.1. The summed E-state index contributed by atoms with van der Waals surface area (Å²) in [5.74, 6) is -0.224. The van der Waals surface area contributed by atoms with Crippen LogP contribution in [0.1, 0.15) is 24.5 Å². The van der Waals surface area contributed by atoms with Gasteiger partial charge in [0.05, 0.1) is 19.0 Å². The Morgan fingerprint density at radius 3 is 3.11 bits per heavy atom. The smallest absolute Gasteiger partial charge is 0.306 e. The van der Waals surface area contributed by atoms with E-state index in [2.05, 4.69) is 10.6 Å². The molecule has 1 aliphatic heterocycles. The van der Waals surface area contributed by atoms with Gasteiger partial charge in [0, 0.05) is 23.5 Å². The lowest BCUT2D eigenvalue weighted by Crippen LogP contribution is -2.06. The van der Waals surface area contributed by atoms with Crippen LogP contribution >= 0.6 is 0 Å². The number of carbonyl (C=O) groups excluding carboxylic acids is 1. The van der Waals surface area contributed by atoms with Crippen LogP contribution in [0.5, 0.6) is 0 Å². The lowest BCUT2D eigenvalue weighted by molar-refractivity contribution is -0.141. The molecule has 1 aromatic carbocycles. The first kappa shape index (κ1) is 11.3. The molecule has 3 rings (SSSR count). The topological polar surface area (TPSA) is 31.2 Å². The van der Waals surface area contributed by atoms with Crippen LogP contribution in [0.4, 0.5) is 4.39 Å². The van der Waals surface area contributed by atoms with E-state index >= 15 is 0 Å². The van der Waals surface area contributed by atoms with E-state index in [1.54, 1.807) is 12.1 Å². The van der Waals surface area contributed by atoms with Gasteiger partial charge in [-0.15, -0.1) is 0 Å². The van der Waals surface area contributed by atoms with E-state index in [4.69, 9.17) is 4.74 Å². The van der Waals surface area contributed by atoms with Gasteiger partial charge in [-0.25, -0.2) is 4.39 Å². The van der Waals surface area contributed by atoms with Crippen molar-refractivity contribution in [1.29, 1.82) is 0 Å². The fraction of sp³-hybridized carbons (Fsp3) is 0.357. The molecule has 1 aromatic heterocycles. The summed E-state index contributed by atoms with van der Waals surface area (Å²) in [7, 11) is 1.40. The predicted octanol–water partition coefficient (Wildman–Crippen LogP) is 2.83. The minimum absolute atomic E-state index is 0.188. The number of fused-ring (bicyclic) bond motifs is 3. The number of esters is 1. The molecule has 94 valence electrons. The molecule has 0 aliphatic carbocycles. The van der Waals surface area contributed by atoms with Crippen molar-refractivity contribution in [1.82, 2.24) is 4.57 Å². The standard InChI is InChI=1S/C14H14FNO2/c1-18-14(17)7-10-4-5-16-12(10)6-9-2-3-11(15)8-13(9)16/h2-3,6,8,10H,4-5,7H2,1H3/t10-/m1/s1. The zero-order valence-corrected chi connectivity index (χ0v) is 10.1. The minimum atomic E-state index is -0.222. The molecule has 18 heavy (non-hydrogen) atoms. The van der Waals surface area contributed by atoms with Gasteiger partial charge in [-0.3, -0.25) is 4.79 Å². The Morgan fingerprint density at radius 1 is 1.50 bits per heavy atom. The highest BCUT2D eigenvalue weighted by Crippen LogP contribution is 2.36. The highest BCUT2D eigenvalue weighted by Gasteiger charge is 2.27. The molecule has 0 spiro atoms. The summed E-state index contributed by atoms with van der Waals surface area (Å²) in [4.78, 5) is 11.4. The number of halogens is 1. The Kier molecular flexibility index (Phi) is 2.58. The number of rotatable bonds is 2. The van der Waals surface area contributed by atoms with Gasteiger partial charge in [0.25, 0.3) is 0 Å². The number of benzene rings is 1. The zero-order chi connectivity index (χ0) is 12.7. The summed E-state index contributed by atoms with van der Waals surface area (Å²) in [6.07, 6.45) is 1.31. The maximum absolute atomic E-state index is 13.3. The summed E-state index contributed by atoms with van der Waals surface area (Å²) in [6, 6.07) is 6.85. The summed E-state index contributed by atoms with van der Waals surface area (Å²) < 4.78 is 20.1. The van der Waals surface area contributed by atoms with E-state index in [9.17, 15) is 9.18 Å². The number of hydrogen-bond acceptors (Lipinski definition) is 2. The molecular weight excluding hydrogens is 233 g/mol. The third-order valence-electron chi connectivity index (χ3n) is 3.66. The first-order chi connectivity index (χ1) is 8.69. The molecule has 2 aromatic rings. The number of ether oxygens (including phenoxy) is 1. The average Bonchev–Trinajstić information content (AvgIpc) is 2.90. The number of aryl methyl sites for hydroxylation is 1. The van der Waals surface area contributed by atoms with Crippen molar-refractivity contribution in [3.05, 3.63) is 35.8 Å². The molecule has 2 heterocycles. The Bertz CT molecular complexity index is 618. The van der Waals surface area contributed by atoms with Gasteiger partial charge in [0.2, 0.25) is 0 Å². The fourth-order valence-corrected chi connectivity index (χ4v) is 2.76. The summed E-state index contributed by atoms with van der Waals surface area (Å²) >= 11 is 0. The molecule has 0 saturated carbocycles. The molecule has 4 heteroatoms. The second-order valence-corrected chi connectivity index (χ2v) is 4.69. The van der Waals surface area contributed by atoms with Gasteiger partial charge in [-0.05, 0) is 30.7 Å². The SMILES string of the molecule is COC(=O)C[C@H]1CCn2c1cc1ccc(F)cc12. The van der Waals surface area contributed by atoms with Gasteiger partial charge in [0.1, 0.15) is 5.82 Å². The Labute approximate surface area is 104 Å². The maximum atomic E-state index is 13.3. The highest BCUT2D eigenvalue weighted by molar-refractivity contribution is 5.82. The first-order valence-electron chi connectivity index (χ1n) is 6.04. The van der Waals surface area contributed by atoms with Crippen LogP contribution in [-0.2, 0) is 16.1 Å². The summed E-state index contributed by atoms with van der Waals surface area (Å²) in [6.45, 7) is 0.837. The monoisotopic (exact) mass is 247 g/mol. The third-order valence-corrected chi connectivity index (χ3v) is 3.66. The van der Waals surface area contributed by atoms with Crippen molar-refractivity contribution in [2.24, 2.45) is 0 Å². The molecule has 0 fully saturated rings. The lowest BCUT2D eigenvalue weighted by atomic mass is 10.0. The van der Waals surface area contributed by atoms with E-state index in [1.807, 2.05) is 0 Å². The van der Waals surface area contributed by atoms with Gasteiger partial charge in [-0.1, -0.05) is 0 Å².